The van der Waals surface area contributed by atoms with E-state index in [9.17, 15) is 22.4 Å². The van der Waals surface area contributed by atoms with E-state index in [0.717, 1.165) is 21.7 Å². The Morgan fingerprint density at radius 1 is 0.975 bits per heavy atom. The number of anilines is 1. The first-order valence-electron chi connectivity index (χ1n) is 13.3. The van der Waals surface area contributed by atoms with Crippen molar-refractivity contribution in [1.82, 2.24) is 10.2 Å². The highest BCUT2D eigenvalue weighted by molar-refractivity contribution is 7.92. The van der Waals surface area contributed by atoms with Gasteiger partial charge in [0.25, 0.3) is 0 Å². The molecule has 0 aliphatic carbocycles. The number of amides is 2. The fourth-order valence-corrected chi connectivity index (χ4v) is 5.29. The second kappa shape index (κ2) is 13.6. The Morgan fingerprint density at radius 2 is 1.62 bits per heavy atom. The predicted octanol–water partition coefficient (Wildman–Crippen LogP) is 4.76. The van der Waals surface area contributed by atoms with Gasteiger partial charge in [0, 0.05) is 24.6 Å². The Morgan fingerprint density at radius 3 is 2.25 bits per heavy atom. The molecule has 9 heteroatoms. The molecule has 0 heterocycles. The van der Waals surface area contributed by atoms with Gasteiger partial charge in [-0.2, -0.15) is 0 Å². The van der Waals surface area contributed by atoms with Crippen molar-refractivity contribution in [2.24, 2.45) is 0 Å². The number of rotatable bonds is 12. The lowest BCUT2D eigenvalue weighted by Gasteiger charge is -2.34. The van der Waals surface area contributed by atoms with Gasteiger partial charge in [-0.25, -0.2) is 12.8 Å². The van der Waals surface area contributed by atoms with Crippen LogP contribution in [0.15, 0.2) is 72.8 Å². The average Bonchev–Trinajstić information content (AvgIpc) is 2.91. The van der Waals surface area contributed by atoms with Crippen LogP contribution in [0.3, 0.4) is 0 Å². The fourth-order valence-electron chi connectivity index (χ4n) is 4.39. The van der Waals surface area contributed by atoms with Crippen molar-refractivity contribution >= 4 is 27.5 Å². The molecule has 0 aromatic heterocycles. The maximum atomic E-state index is 14.8. The molecule has 40 heavy (non-hydrogen) atoms. The number of benzene rings is 3. The van der Waals surface area contributed by atoms with E-state index >= 15 is 0 Å². The highest BCUT2D eigenvalue weighted by Crippen LogP contribution is 2.25. The van der Waals surface area contributed by atoms with Crippen LogP contribution < -0.4 is 9.62 Å². The van der Waals surface area contributed by atoms with Crippen LogP contribution in [-0.4, -0.2) is 50.0 Å². The van der Waals surface area contributed by atoms with E-state index in [0.29, 0.717) is 17.7 Å². The Labute approximate surface area is 237 Å². The van der Waals surface area contributed by atoms with E-state index in [1.807, 2.05) is 57.2 Å². The van der Waals surface area contributed by atoms with Gasteiger partial charge >= 0.3 is 0 Å². The van der Waals surface area contributed by atoms with E-state index in [1.165, 1.54) is 11.0 Å². The van der Waals surface area contributed by atoms with Crippen LogP contribution in [0.1, 0.15) is 42.5 Å². The number of carbonyl (C=O) groups excluding carboxylic acids is 2. The molecule has 3 rings (SSSR count). The lowest BCUT2D eigenvalue weighted by atomic mass is 10.0. The van der Waals surface area contributed by atoms with Crippen molar-refractivity contribution in [1.29, 1.82) is 0 Å². The molecule has 214 valence electrons. The molecule has 0 bridgehead atoms. The highest BCUT2D eigenvalue weighted by atomic mass is 32.2. The summed E-state index contributed by atoms with van der Waals surface area (Å²) in [7, 11) is -3.88. The second-order valence-electron chi connectivity index (χ2n) is 10.2. The molecule has 0 saturated carbocycles. The smallest absolute Gasteiger partial charge is 0.244 e. The van der Waals surface area contributed by atoms with Crippen molar-refractivity contribution in [2.45, 2.75) is 59.2 Å². The zero-order valence-electron chi connectivity index (χ0n) is 23.7. The number of hydrogen-bond acceptors (Lipinski definition) is 4. The zero-order chi connectivity index (χ0) is 29.4. The molecule has 3 aromatic rings. The number of sulfonamides is 1. The zero-order valence-corrected chi connectivity index (χ0v) is 24.5. The molecule has 0 radical (unpaired) electrons. The molecule has 0 aliphatic rings. The van der Waals surface area contributed by atoms with Crippen molar-refractivity contribution in [3.05, 3.63) is 101 Å². The molecule has 2 amide bonds. The summed E-state index contributed by atoms with van der Waals surface area (Å²) in [4.78, 5) is 29.1. The number of carbonyl (C=O) groups is 2. The minimum atomic E-state index is -3.88. The molecule has 0 unspecified atom stereocenters. The Hall–Kier alpha value is -3.72. The minimum Gasteiger partial charge on any atom is -0.352 e. The third-order valence-electron chi connectivity index (χ3n) is 6.88. The van der Waals surface area contributed by atoms with E-state index in [2.05, 4.69) is 5.32 Å². The third kappa shape index (κ3) is 8.14. The standard InChI is InChI=1S/C31H38FN3O4S/c1-6-24(4)33-31(37)29(19-25-12-8-7-9-13-25)34(20-26-14-10-11-15-27(26)32)30(36)21-35(40(5,38)39)28-18-22(2)16-17-23(28)3/h7-18,24,29H,6,19-21H2,1-5H3,(H,33,37)/t24-,29-/m0/s1. The van der Waals surface area contributed by atoms with Gasteiger partial charge in [0.05, 0.1) is 11.9 Å². The number of halogens is 1. The van der Waals surface area contributed by atoms with Crippen LogP contribution in [0.2, 0.25) is 0 Å². The summed E-state index contributed by atoms with van der Waals surface area (Å²) in [5.74, 6) is -1.52. The second-order valence-corrected chi connectivity index (χ2v) is 12.1. The van der Waals surface area contributed by atoms with Crippen LogP contribution in [0.25, 0.3) is 0 Å². The first-order valence-corrected chi connectivity index (χ1v) is 15.2. The number of nitrogens with zero attached hydrogens (tertiary/aromatic N) is 2. The highest BCUT2D eigenvalue weighted by Gasteiger charge is 2.34. The van der Waals surface area contributed by atoms with Crippen molar-refractivity contribution in [2.75, 3.05) is 17.1 Å². The lowest BCUT2D eigenvalue weighted by molar-refractivity contribution is -0.140. The Kier molecular flexibility index (Phi) is 10.5. The largest absolute Gasteiger partial charge is 0.352 e. The van der Waals surface area contributed by atoms with E-state index in [-0.39, 0.29) is 30.5 Å². The van der Waals surface area contributed by atoms with Crippen molar-refractivity contribution in [3.8, 4) is 0 Å². The summed E-state index contributed by atoms with van der Waals surface area (Å²) in [6.45, 7) is 6.66. The lowest BCUT2D eigenvalue weighted by Crippen LogP contribution is -2.54. The third-order valence-corrected chi connectivity index (χ3v) is 8.01. The predicted molar refractivity (Wildman–Crippen MR) is 157 cm³/mol. The van der Waals surface area contributed by atoms with E-state index in [1.54, 1.807) is 37.3 Å². The van der Waals surface area contributed by atoms with Gasteiger partial charge in [-0.1, -0.05) is 67.6 Å². The number of nitrogens with one attached hydrogen (secondary N) is 1. The van der Waals surface area contributed by atoms with E-state index in [4.69, 9.17) is 0 Å². The fraction of sp³-hybridized carbons (Fsp3) is 0.355. The van der Waals surface area contributed by atoms with Gasteiger partial charge in [0.2, 0.25) is 21.8 Å². The summed E-state index contributed by atoms with van der Waals surface area (Å²) < 4.78 is 41.8. The SMILES string of the molecule is CC[C@H](C)NC(=O)[C@H](Cc1ccccc1)N(Cc1ccccc1F)C(=O)CN(c1cc(C)ccc1C)S(C)(=O)=O. The van der Waals surface area contributed by atoms with Crippen LogP contribution >= 0.6 is 0 Å². The molecule has 0 fully saturated rings. The Balaban J connectivity index is 2.10. The van der Waals surface area contributed by atoms with Gasteiger partial charge in [-0.15, -0.1) is 0 Å². The Bertz CT molecular complexity index is 1430. The molecule has 1 N–H and O–H groups in total. The summed E-state index contributed by atoms with van der Waals surface area (Å²) in [6.07, 6.45) is 1.89. The van der Waals surface area contributed by atoms with Gasteiger partial charge in [-0.3, -0.25) is 13.9 Å². The maximum Gasteiger partial charge on any atom is 0.244 e. The molecule has 3 aromatic carbocycles. The summed E-state index contributed by atoms with van der Waals surface area (Å²) in [6, 6.07) is 19.5. The first-order chi connectivity index (χ1) is 18.9. The minimum absolute atomic E-state index is 0.154. The maximum absolute atomic E-state index is 14.8. The van der Waals surface area contributed by atoms with Crippen LogP contribution in [-0.2, 0) is 32.6 Å². The normalized spacial score (nSPS) is 12.8. The molecular formula is C31H38FN3O4S. The van der Waals surface area contributed by atoms with Gasteiger partial charge in [-0.05, 0) is 56.0 Å². The van der Waals surface area contributed by atoms with Crippen LogP contribution in [0.4, 0.5) is 10.1 Å². The summed E-state index contributed by atoms with van der Waals surface area (Å²) >= 11 is 0. The van der Waals surface area contributed by atoms with Gasteiger partial charge in [0.1, 0.15) is 18.4 Å². The van der Waals surface area contributed by atoms with Gasteiger partial charge < -0.3 is 10.2 Å². The number of aryl methyl sites for hydroxylation is 2. The van der Waals surface area contributed by atoms with Crippen LogP contribution in [0.5, 0.6) is 0 Å². The monoisotopic (exact) mass is 567 g/mol. The molecule has 7 nitrogen and oxygen atoms in total. The molecule has 2 atom stereocenters. The molecule has 0 aliphatic heterocycles. The topological polar surface area (TPSA) is 86.8 Å². The van der Waals surface area contributed by atoms with Crippen LogP contribution in [0, 0.1) is 19.7 Å². The van der Waals surface area contributed by atoms with Gasteiger partial charge in [0.15, 0.2) is 0 Å². The molecule has 0 spiro atoms. The number of hydrogen-bond donors (Lipinski definition) is 1. The molecule has 0 saturated heterocycles. The average molecular weight is 568 g/mol. The quantitative estimate of drug-likeness (QED) is 0.342. The van der Waals surface area contributed by atoms with Crippen molar-refractivity contribution < 1.29 is 22.4 Å². The van der Waals surface area contributed by atoms with E-state index < -0.39 is 34.3 Å². The summed E-state index contributed by atoms with van der Waals surface area (Å²) in [5.41, 5.74) is 2.93. The molecular weight excluding hydrogens is 529 g/mol. The van der Waals surface area contributed by atoms with Crippen molar-refractivity contribution in [3.63, 3.8) is 0 Å². The summed E-state index contributed by atoms with van der Waals surface area (Å²) in [5, 5.41) is 2.96. The first kappa shape index (κ1) is 30.8.